The van der Waals surface area contributed by atoms with Gasteiger partial charge in [0.2, 0.25) is 5.91 Å². The summed E-state index contributed by atoms with van der Waals surface area (Å²) in [6.45, 7) is 0.501. The van der Waals surface area contributed by atoms with Crippen molar-refractivity contribution in [3.05, 3.63) is 64.4 Å². The van der Waals surface area contributed by atoms with Gasteiger partial charge in [-0.3, -0.25) is 9.78 Å². The van der Waals surface area contributed by atoms with E-state index >= 15 is 0 Å². The Bertz CT molecular complexity index is 635. The van der Waals surface area contributed by atoms with Crippen LogP contribution in [0.4, 0.5) is 0 Å². The van der Waals surface area contributed by atoms with Crippen LogP contribution < -0.4 is 5.32 Å². The number of rotatable bonds is 5. The zero-order valence-corrected chi connectivity index (χ0v) is 12.4. The Balaban J connectivity index is 1.52. The first-order chi connectivity index (χ1) is 10.2. The fourth-order valence-electron chi connectivity index (χ4n) is 2.24. The number of nitrogens with zero attached hydrogens (tertiary/aromatic N) is 1. The summed E-state index contributed by atoms with van der Waals surface area (Å²) in [7, 11) is 0. The van der Waals surface area contributed by atoms with Gasteiger partial charge in [0.05, 0.1) is 6.42 Å². The lowest BCUT2D eigenvalue weighted by Crippen LogP contribution is -2.24. The number of amides is 1. The molecule has 1 saturated carbocycles. The normalized spacial score (nSPS) is 14.0. The third-order valence-corrected chi connectivity index (χ3v) is 4.01. The largest absolute Gasteiger partial charge is 0.352 e. The number of carbonyl (C=O) groups excluding carboxylic acids is 1. The summed E-state index contributed by atoms with van der Waals surface area (Å²) >= 11 is 6.05. The van der Waals surface area contributed by atoms with E-state index in [0.717, 1.165) is 11.1 Å². The standard InChI is InChI=1S/C17H17ClN2O/c18-15-4-2-1-3-14(15)9-17(21)20-11-12-5-8-16(19-10-12)13-6-7-13/h1-5,8,10,13H,6-7,9,11H2,(H,20,21). The van der Waals surface area contributed by atoms with Crippen molar-refractivity contribution in [2.45, 2.75) is 31.7 Å². The van der Waals surface area contributed by atoms with Crippen LogP contribution in [0, 0.1) is 0 Å². The Labute approximate surface area is 129 Å². The highest BCUT2D eigenvalue weighted by Gasteiger charge is 2.24. The van der Waals surface area contributed by atoms with E-state index in [-0.39, 0.29) is 5.91 Å². The molecule has 4 heteroatoms. The van der Waals surface area contributed by atoms with Gasteiger partial charge in [-0.2, -0.15) is 0 Å². The molecule has 1 aliphatic carbocycles. The molecule has 0 unspecified atom stereocenters. The SMILES string of the molecule is O=C(Cc1ccccc1Cl)NCc1ccc(C2CC2)nc1. The average molecular weight is 301 g/mol. The predicted octanol–water partition coefficient (Wildman–Crippen LogP) is 3.47. The molecule has 0 saturated heterocycles. The van der Waals surface area contributed by atoms with Gasteiger partial charge in [0.1, 0.15) is 0 Å². The van der Waals surface area contributed by atoms with Gasteiger partial charge in [0.25, 0.3) is 0 Å². The van der Waals surface area contributed by atoms with Crippen LogP contribution in [0.25, 0.3) is 0 Å². The average Bonchev–Trinajstić information content (AvgIpc) is 3.33. The highest BCUT2D eigenvalue weighted by Crippen LogP contribution is 2.38. The highest BCUT2D eigenvalue weighted by molar-refractivity contribution is 6.31. The van der Waals surface area contributed by atoms with Gasteiger partial charge >= 0.3 is 0 Å². The molecule has 0 radical (unpaired) electrons. The van der Waals surface area contributed by atoms with Crippen LogP contribution >= 0.6 is 11.6 Å². The smallest absolute Gasteiger partial charge is 0.224 e. The topological polar surface area (TPSA) is 42.0 Å². The minimum absolute atomic E-state index is 0.0330. The van der Waals surface area contributed by atoms with Gasteiger partial charge in [0.15, 0.2) is 0 Å². The van der Waals surface area contributed by atoms with Crippen molar-refractivity contribution in [1.82, 2.24) is 10.3 Å². The monoisotopic (exact) mass is 300 g/mol. The number of hydrogen-bond donors (Lipinski definition) is 1. The molecular formula is C17H17ClN2O. The van der Waals surface area contributed by atoms with Gasteiger partial charge < -0.3 is 5.32 Å². The van der Waals surface area contributed by atoms with E-state index in [0.29, 0.717) is 23.9 Å². The number of pyridine rings is 1. The van der Waals surface area contributed by atoms with Gasteiger partial charge in [0, 0.05) is 29.4 Å². The lowest BCUT2D eigenvalue weighted by atomic mass is 10.1. The van der Waals surface area contributed by atoms with E-state index in [1.807, 2.05) is 30.5 Å². The molecule has 1 aliphatic rings. The van der Waals surface area contributed by atoms with Crippen molar-refractivity contribution >= 4 is 17.5 Å². The molecule has 1 fully saturated rings. The summed E-state index contributed by atoms with van der Waals surface area (Å²) in [6, 6.07) is 11.5. The molecule has 3 nitrogen and oxygen atoms in total. The molecular weight excluding hydrogens is 284 g/mol. The lowest BCUT2D eigenvalue weighted by Gasteiger charge is -2.07. The number of hydrogen-bond acceptors (Lipinski definition) is 2. The molecule has 0 spiro atoms. The summed E-state index contributed by atoms with van der Waals surface area (Å²) in [5.74, 6) is 0.628. The Hall–Kier alpha value is -1.87. The molecule has 1 aromatic heterocycles. The molecule has 0 bridgehead atoms. The minimum Gasteiger partial charge on any atom is -0.352 e. The second-order valence-electron chi connectivity index (χ2n) is 5.41. The van der Waals surface area contributed by atoms with Crippen LogP contribution in [0.5, 0.6) is 0 Å². The van der Waals surface area contributed by atoms with E-state index in [4.69, 9.17) is 11.6 Å². The maximum absolute atomic E-state index is 11.9. The van der Waals surface area contributed by atoms with Crippen molar-refractivity contribution in [3.63, 3.8) is 0 Å². The van der Waals surface area contributed by atoms with E-state index in [2.05, 4.69) is 16.4 Å². The van der Waals surface area contributed by atoms with Gasteiger partial charge in [-0.1, -0.05) is 35.9 Å². The molecule has 0 atom stereocenters. The number of benzene rings is 1. The zero-order chi connectivity index (χ0) is 14.7. The maximum atomic E-state index is 11.9. The molecule has 0 aliphatic heterocycles. The highest BCUT2D eigenvalue weighted by atomic mass is 35.5. The van der Waals surface area contributed by atoms with Gasteiger partial charge in [-0.15, -0.1) is 0 Å². The molecule has 1 amide bonds. The van der Waals surface area contributed by atoms with E-state index in [9.17, 15) is 4.79 Å². The first-order valence-corrected chi connectivity index (χ1v) is 7.55. The van der Waals surface area contributed by atoms with E-state index < -0.39 is 0 Å². The zero-order valence-electron chi connectivity index (χ0n) is 11.7. The van der Waals surface area contributed by atoms with Crippen LogP contribution in [-0.2, 0) is 17.8 Å². The summed E-state index contributed by atoms with van der Waals surface area (Å²) in [5, 5.41) is 3.53. The predicted molar refractivity (Wildman–Crippen MR) is 83.2 cm³/mol. The summed E-state index contributed by atoms with van der Waals surface area (Å²) in [6.07, 6.45) is 4.65. The minimum atomic E-state index is -0.0330. The third kappa shape index (κ3) is 3.82. The van der Waals surface area contributed by atoms with Crippen LogP contribution in [0.15, 0.2) is 42.6 Å². The first kappa shape index (κ1) is 14.1. The van der Waals surface area contributed by atoms with Crippen LogP contribution in [-0.4, -0.2) is 10.9 Å². The first-order valence-electron chi connectivity index (χ1n) is 7.17. The maximum Gasteiger partial charge on any atom is 0.224 e. The van der Waals surface area contributed by atoms with Gasteiger partial charge in [-0.25, -0.2) is 0 Å². The third-order valence-electron chi connectivity index (χ3n) is 3.64. The van der Waals surface area contributed by atoms with Crippen molar-refractivity contribution in [2.75, 3.05) is 0 Å². The van der Waals surface area contributed by atoms with Crippen LogP contribution in [0.1, 0.15) is 35.6 Å². The molecule has 1 heterocycles. The second-order valence-corrected chi connectivity index (χ2v) is 5.82. The Morgan fingerprint density at radius 3 is 2.71 bits per heavy atom. The van der Waals surface area contributed by atoms with E-state index in [1.54, 1.807) is 6.07 Å². The van der Waals surface area contributed by atoms with Crippen molar-refractivity contribution in [2.24, 2.45) is 0 Å². The molecule has 2 aromatic rings. The van der Waals surface area contributed by atoms with Crippen molar-refractivity contribution < 1.29 is 4.79 Å². The Kier molecular flexibility index (Phi) is 4.20. The number of nitrogens with one attached hydrogen (secondary N) is 1. The Morgan fingerprint density at radius 1 is 1.24 bits per heavy atom. The second kappa shape index (κ2) is 6.27. The molecule has 108 valence electrons. The fourth-order valence-corrected chi connectivity index (χ4v) is 2.44. The molecule has 1 N–H and O–H groups in total. The van der Waals surface area contributed by atoms with Crippen molar-refractivity contribution in [1.29, 1.82) is 0 Å². The van der Waals surface area contributed by atoms with Gasteiger partial charge in [-0.05, 0) is 36.1 Å². The number of aromatic nitrogens is 1. The number of carbonyl (C=O) groups is 1. The Morgan fingerprint density at radius 2 is 2.05 bits per heavy atom. The lowest BCUT2D eigenvalue weighted by molar-refractivity contribution is -0.120. The van der Waals surface area contributed by atoms with Crippen molar-refractivity contribution in [3.8, 4) is 0 Å². The van der Waals surface area contributed by atoms with Crippen LogP contribution in [0.2, 0.25) is 5.02 Å². The number of halogens is 1. The summed E-state index contributed by atoms with van der Waals surface area (Å²) in [4.78, 5) is 16.4. The molecule has 21 heavy (non-hydrogen) atoms. The quantitative estimate of drug-likeness (QED) is 0.918. The van der Waals surface area contributed by atoms with Crippen LogP contribution in [0.3, 0.4) is 0 Å². The summed E-state index contributed by atoms with van der Waals surface area (Å²) < 4.78 is 0. The van der Waals surface area contributed by atoms with E-state index in [1.165, 1.54) is 18.5 Å². The fraction of sp³-hybridized carbons (Fsp3) is 0.294. The molecule has 1 aromatic carbocycles. The summed E-state index contributed by atoms with van der Waals surface area (Å²) in [5.41, 5.74) is 3.03. The molecule has 3 rings (SSSR count).